The second-order valence-corrected chi connectivity index (χ2v) is 8.70. The smallest absolute Gasteiger partial charge is 0.244 e. The van der Waals surface area contributed by atoms with Gasteiger partial charge in [0, 0.05) is 37.6 Å². The molecule has 0 aliphatic carbocycles. The molecular formula is C27H41N4+. The lowest BCUT2D eigenvalue weighted by atomic mass is 10.1. The van der Waals surface area contributed by atoms with Crippen molar-refractivity contribution in [3.63, 3.8) is 0 Å². The molecule has 0 N–H and O–H groups in total. The number of benzene rings is 2. The van der Waals surface area contributed by atoms with Crippen molar-refractivity contribution in [3.8, 4) is 0 Å². The highest BCUT2D eigenvalue weighted by molar-refractivity contribution is 5.83. The van der Waals surface area contributed by atoms with E-state index >= 15 is 0 Å². The highest BCUT2D eigenvalue weighted by Gasteiger charge is 2.28. The van der Waals surface area contributed by atoms with Gasteiger partial charge < -0.3 is 9.80 Å². The maximum absolute atomic E-state index is 2.44. The first-order valence-corrected chi connectivity index (χ1v) is 11.9. The van der Waals surface area contributed by atoms with Crippen LogP contribution in [-0.4, -0.2) is 50.2 Å². The van der Waals surface area contributed by atoms with E-state index in [1.807, 2.05) is 0 Å². The molecule has 1 heterocycles. The number of nitrogens with zero attached hydrogens (tertiary/aromatic N) is 4. The van der Waals surface area contributed by atoms with Crippen molar-refractivity contribution >= 4 is 29.1 Å². The summed E-state index contributed by atoms with van der Waals surface area (Å²) in [5.74, 6) is 0. The first kappa shape index (κ1) is 23.2. The minimum atomic E-state index is 1.02. The third-order valence-corrected chi connectivity index (χ3v) is 6.64. The van der Waals surface area contributed by atoms with Gasteiger partial charge >= 0.3 is 0 Å². The lowest BCUT2D eigenvalue weighted by molar-refractivity contribution is -0.425. The van der Waals surface area contributed by atoms with E-state index < -0.39 is 0 Å². The second kappa shape index (κ2) is 9.76. The Bertz CT molecular complexity index is 906. The molecule has 0 spiro atoms. The zero-order chi connectivity index (χ0) is 22.7. The molecule has 0 saturated heterocycles. The Morgan fingerprint density at radius 3 is 1.55 bits per heavy atom. The molecule has 2 aromatic carbocycles. The van der Waals surface area contributed by atoms with Crippen LogP contribution in [0.3, 0.4) is 0 Å². The van der Waals surface area contributed by atoms with Crippen molar-refractivity contribution in [2.24, 2.45) is 0 Å². The zero-order valence-corrected chi connectivity index (χ0v) is 20.9. The molecule has 0 atom stereocenters. The number of hydrogen-bond donors (Lipinski definition) is 0. The Kier molecular flexibility index (Phi) is 7.30. The maximum Gasteiger partial charge on any atom is 0.244 e. The van der Waals surface area contributed by atoms with Gasteiger partial charge in [-0.15, -0.1) is 0 Å². The summed E-state index contributed by atoms with van der Waals surface area (Å²) in [6.07, 6.45) is 2.32. The Morgan fingerprint density at radius 1 is 0.710 bits per heavy atom. The average molecular weight is 422 g/mol. The molecule has 0 radical (unpaired) electrons. The van der Waals surface area contributed by atoms with Crippen LogP contribution in [0.25, 0.3) is 0 Å². The number of hydrogen-bond acceptors (Lipinski definition) is 3. The summed E-state index contributed by atoms with van der Waals surface area (Å²) < 4.78 is 2.44. The minimum absolute atomic E-state index is 1.02. The SMILES string of the molecule is CCN(CC)c1cc(C)c(N2C=[N+](c3c(C)cc(N(CC)CC)cc3C)CC2)c(C)c1. The standard InChI is InChI=1S/C27H41N4/c1-9-28(10-2)24-15-20(5)26(21(6)16-24)30-13-14-31(19-30)27-22(7)17-25(18-23(27)8)29(11-3)12-4/h15-19H,9-14H2,1-8H3/q+1. The van der Waals surface area contributed by atoms with Crippen LogP contribution in [0.5, 0.6) is 0 Å². The summed E-state index contributed by atoms with van der Waals surface area (Å²) >= 11 is 0. The molecular weight excluding hydrogens is 380 g/mol. The van der Waals surface area contributed by atoms with E-state index in [-0.39, 0.29) is 0 Å². The zero-order valence-electron chi connectivity index (χ0n) is 20.9. The molecule has 1 aliphatic heterocycles. The van der Waals surface area contributed by atoms with E-state index in [0.29, 0.717) is 0 Å². The summed E-state index contributed by atoms with van der Waals surface area (Å²) in [5, 5.41) is 0. The molecule has 0 bridgehead atoms. The van der Waals surface area contributed by atoms with Gasteiger partial charge in [0.25, 0.3) is 0 Å². The van der Waals surface area contributed by atoms with Gasteiger partial charge in [0.2, 0.25) is 6.34 Å². The summed E-state index contributed by atoms with van der Waals surface area (Å²) in [6, 6.07) is 9.39. The molecule has 4 heteroatoms. The van der Waals surface area contributed by atoms with E-state index in [4.69, 9.17) is 0 Å². The fourth-order valence-electron chi connectivity index (χ4n) is 5.15. The van der Waals surface area contributed by atoms with E-state index in [0.717, 1.165) is 39.3 Å². The van der Waals surface area contributed by atoms with Crippen LogP contribution in [0.1, 0.15) is 49.9 Å². The van der Waals surface area contributed by atoms with Crippen molar-refractivity contribution < 1.29 is 4.58 Å². The molecule has 3 rings (SSSR count). The second-order valence-electron chi connectivity index (χ2n) is 8.70. The van der Waals surface area contributed by atoms with Crippen molar-refractivity contribution in [2.75, 3.05) is 54.0 Å². The Balaban J connectivity index is 1.95. The first-order chi connectivity index (χ1) is 14.8. The monoisotopic (exact) mass is 421 g/mol. The molecule has 0 unspecified atom stereocenters. The number of aryl methyl sites for hydroxylation is 4. The van der Waals surface area contributed by atoms with Crippen LogP contribution in [-0.2, 0) is 0 Å². The van der Waals surface area contributed by atoms with Crippen LogP contribution >= 0.6 is 0 Å². The van der Waals surface area contributed by atoms with Gasteiger partial charge in [-0.25, -0.2) is 9.48 Å². The molecule has 1 aliphatic rings. The molecule has 168 valence electrons. The van der Waals surface area contributed by atoms with E-state index in [2.05, 4.69) is 105 Å². The van der Waals surface area contributed by atoms with Crippen molar-refractivity contribution in [1.29, 1.82) is 0 Å². The van der Waals surface area contributed by atoms with Crippen LogP contribution in [0.4, 0.5) is 22.7 Å². The van der Waals surface area contributed by atoms with E-state index in [1.54, 1.807) is 0 Å². The summed E-state index contributed by atoms with van der Waals surface area (Å²) in [5.41, 5.74) is 10.8. The molecule has 31 heavy (non-hydrogen) atoms. The molecule has 0 amide bonds. The average Bonchev–Trinajstić information content (AvgIpc) is 3.18. The van der Waals surface area contributed by atoms with Gasteiger partial charge in [0.1, 0.15) is 24.5 Å². The Labute approximate surface area is 189 Å². The molecule has 2 aromatic rings. The minimum Gasteiger partial charge on any atom is -0.372 e. The van der Waals surface area contributed by atoms with Crippen molar-refractivity contribution in [1.82, 2.24) is 0 Å². The Hall–Kier alpha value is -2.49. The molecule has 4 nitrogen and oxygen atoms in total. The third kappa shape index (κ3) is 4.58. The lowest BCUT2D eigenvalue weighted by Gasteiger charge is -2.23. The maximum atomic E-state index is 2.44. The predicted molar refractivity (Wildman–Crippen MR) is 137 cm³/mol. The Morgan fingerprint density at radius 2 is 1.13 bits per heavy atom. The summed E-state index contributed by atoms with van der Waals surface area (Å²) in [7, 11) is 0. The third-order valence-electron chi connectivity index (χ3n) is 6.64. The van der Waals surface area contributed by atoms with E-state index in [1.165, 1.54) is 45.0 Å². The van der Waals surface area contributed by atoms with Gasteiger partial charge in [-0.3, -0.25) is 0 Å². The highest BCUT2D eigenvalue weighted by Crippen LogP contribution is 2.33. The first-order valence-electron chi connectivity index (χ1n) is 11.9. The largest absolute Gasteiger partial charge is 0.372 e. The molecule has 0 saturated carbocycles. The normalized spacial score (nSPS) is 13.5. The van der Waals surface area contributed by atoms with Gasteiger partial charge in [0.15, 0.2) is 0 Å². The number of anilines is 3. The summed E-state index contributed by atoms with van der Waals surface area (Å²) in [6.45, 7) is 24.1. The van der Waals surface area contributed by atoms with Crippen LogP contribution in [0.15, 0.2) is 24.3 Å². The van der Waals surface area contributed by atoms with Gasteiger partial charge in [-0.05, 0) is 102 Å². The van der Waals surface area contributed by atoms with Crippen molar-refractivity contribution in [2.45, 2.75) is 55.4 Å². The highest BCUT2D eigenvalue weighted by atomic mass is 15.3. The fourth-order valence-corrected chi connectivity index (χ4v) is 5.15. The van der Waals surface area contributed by atoms with E-state index in [9.17, 15) is 0 Å². The van der Waals surface area contributed by atoms with Crippen LogP contribution in [0.2, 0.25) is 0 Å². The van der Waals surface area contributed by atoms with Gasteiger partial charge in [0.05, 0.1) is 0 Å². The molecule has 0 fully saturated rings. The van der Waals surface area contributed by atoms with Crippen LogP contribution < -0.4 is 14.7 Å². The van der Waals surface area contributed by atoms with Crippen LogP contribution in [0, 0.1) is 27.7 Å². The summed E-state index contributed by atoms with van der Waals surface area (Å²) in [4.78, 5) is 7.29. The lowest BCUT2D eigenvalue weighted by Crippen LogP contribution is -2.24. The molecule has 0 aromatic heterocycles. The van der Waals surface area contributed by atoms with Gasteiger partial charge in [-0.1, -0.05) is 0 Å². The quantitative estimate of drug-likeness (QED) is 0.500. The van der Waals surface area contributed by atoms with Gasteiger partial charge in [-0.2, -0.15) is 0 Å². The predicted octanol–water partition coefficient (Wildman–Crippen LogP) is 5.81. The number of rotatable bonds is 8. The topological polar surface area (TPSA) is 12.7 Å². The van der Waals surface area contributed by atoms with Crippen molar-refractivity contribution in [3.05, 3.63) is 46.5 Å². The fraction of sp³-hybridized carbons (Fsp3) is 0.519.